The lowest BCUT2D eigenvalue weighted by Gasteiger charge is -2.34. The van der Waals surface area contributed by atoms with Gasteiger partial charge in [-0.15, -0.1) is 0 Å². The molecule has 1 aromatic rings. The Hall–Kier alpha value is -1.51. The molecule has 3 rings (SSSR count). The summed E-state index contributed by atoms with van der Waals surface area (Å²) in [6.07, 6.45) is 8.39. The van der Waals surface area contributed by atoms with Crippen molar-refractivity contribution in [3.63, 3.8) is 0 Å². The maximum absolute atomic E-state index is 11.2. The van der Waals surface area contributed by atoms with Crippen LogP contribution in [0.15, 0.2) is 18.2 Å². The van der Waals surface area contributed by atoms with Gasteiger partial charge in [-0.1, -0.05) is 44.4 Å². The molecule has 1 heterocycles. The van der Waals surface area contributed by atoms with Gasteiger partial charge in [0.25, 0.3) is 0 Å². The van der Waals surface area contributed by atoms with Gasteiger partial charge < -0.3 is 10.0 Å². The van der Waals surface area contributed by atoms with E-state index < -0.39 is 5.97 Å². The zero-order valence-electron chi connectivity index (χ0n) is 12.8. The molecule has 1 saturated carbocycles. The zero-order valence-corrected chi connectivity index (χ0v) is 12.8. The number of fused-ring (bicyclic) bond motifs is 1. The van der Waals surface area contributed by atoms with Gasteiger partial charge in [-0.25, -0.2) is 0 Å². The van der Waals surface area contributed by atoms with Gasteiger partial charge in [-0.3, -0.25) is 4.79 Å². The average Bonchev–Trinajstić information content (AvgIpc) is 2.93. The second-order valence-corrected chi connectivity index (χ2v) is 6.60. The van der Waals surface area contributed by atoms with Gasteiger partial charge in [-0.05, 0) is 36.8 Å². The molecule has 0 radical (unpaired) electrons. The first-order chi connectivity index (χ1) is 10.2. The van der Waals surface area contributed by atoms with Crippen LogP contribution < -0.4 is 4.90 Å². The molecule has 1 unspecified atom stereocenters. The molecule has 114 valence electrons. The number of anilines is 1. The molecule has 0 saturated heterocycles. The summed E-state index contributed by atoms with van der Waals surface area (Å²) in [6.45, 7) is 2.92. The van der Waals surface area contributed by atoms with Crippen LogP contribution in [0.25, 0.3) is 0 Å². The SMILES string of the molecule is CC(Cc1cccc2c1N(C1CCCCC1)CC2)C(=O)O. The molecule has 1 aromatic carbocycles. The smallest absolute Gasteiger partial charge is 0.306 e. The van der Waals surface area contributed by atoms with Crippen molar-refractivity contribution in [2.45, 2.75) is 57.9 Å². The summed E-state index contributed by atoms with van der Waals surface area (Å²) in [5.74, 6) is -1.01. The van der Waals surface area contributed by atoms with Crippen LogP contribution in [0.3, 0.4) is 0 Å². The Kier molecular flexibility index (Phi) is 4.18. The lowest BCUT2D eigenvalue weighted by molar-refractivity contribution is -0.141. The maximum atomic E-state index is 11.2. The van der Waals surface area contributed by atoms with E-state index in [2.05, 4.69) is 23.1 Å². The molecule has 1 aliphatic carbocycles. The van der Waals surface area contributed by atoms with E-state index >= 15 is 0 Å². The zero-order chi connectivity index (χ0) is 14.8. The van der Waals surface area contributed by atoms with Gasteiger partial charge in [0.2, 0.25) is 0 Å². The minimum Gasteiger partial charge on any atom is -0.481 e. The number of aliphatic carboxylic acids is 1. The second-order valence-electron chi connectivity index (χ2n) is 6.60. The van der Waals surface area contributed by atoms with Gasteiger partial charge in [0.15, 0.2) is 0 Å². The average molecular weight is 287 g/mol. The van der Waals surface area contributed by atoms with Crippen molar-refractivity contribution < 1.29 is 9.90 Å². The van der Waals surface area contributed by atoms with E-state index in [1.165, 1.54) is 48.9 Å². The van der Waals surface area contributed by atoms with Crippen LogP contribution in [0.5, 0.6) is 0 Å². The normalized spacial score (nSPS) is 20.3. The molecule has 1 atom stereocenters. The summed E-state index contributed by atoms with van der Waals surface area (Å²) in [7, 11) is 0. The second kappa shape index (κ2) is 6.08. The predicted octanol–water partition coefficient (Wildman–Crippen LogP) is 3.65. The highest BCUT2D eigenvalue weighted by Gasteiger charge is 2.29. The summed E-state index contributed by atoms with van der Waals surface area (Å²) in [6, 6.07) is 7.10. The first-order valence-electron chi connectivity index (χ1n) is 8.27. The van der Waals surface area contributed by atoms with Crippen LogP contribution >= 0.6 is 0 Å². The molecule has 0 aromatic heterocycles. The Balaban J connectivity index is 1.86. The first kappa shape index (κ1) is 14.4. The number of rotatable bonds is 4. The quantitative estimate of drug-likeness (QED) is 0.919. The summed E-state index contributed by atoms with van der Waals surface area (Å²) in [5, 5.41) is 9.19. The molecule has 0 amide bonds. The summed E-state index contributed by atoms with van der Waals surface area (Å²) in [5.41, 5.74) is 4.00. The molecule has 1 N–H and O–H groups in total. The highest BCUT2D eigenvalue weighted by molar-refractivity contribution is 5.71. The van der Waals surface area contributed by atoms with Crippen LogP contribution in [-0.2, 0) is 17.6 Å². The van der Waals surface area contributed by atoms with Crippen LogP contribution in [0.4, 0.5) is 5.69 Å². The van der Waals surface area contributed by atoms with E-state index in [4.69, 9.17) is 0 Å². The predicted molar refractivity (Wildman–Crippen MR) is 84.9 cm³/mol. The third kappa shape index (κ3) is 2.92. The van der Waals surface area contributed by atoms with Crippen molar-refractivity contribution >= 4 is 11.7 Å². The third-order valence-electron chi connectivity index (χ3n) is 5.08. The van der Waals surface area contributed by atoms with Crippen molar-refractivity contribution in [2.24, 2.45) is 5.92 Å². The monoisotopic (exact) mass is 287 g/mol. The van der Waals surface area contributed by atoms with E-state index in [1.807, 2.05) is 6.92 Å². The van der Waals surface area contributed by atoms with Gasteiger partial charge in [-0.2, -0.15) is 0 Å². The number of hydrogen-bond acceptors (Lipinski definition) is 2. The van der Waals surface area contributed by atoms with Gasteiger partial charge in [0, 0.05) is 18.3 Å². The summed E-state index contributed by atoms with van der Waals surface area (Å²) >= 11 is 0. The van der Waals surface area contributed by atoms with Crippen LogP contribution in [0.1, 0.15) is 50.2 Å². The van der Waals surface area contributed by atoms with Gasteiger partial charge >= 0.3 is 5.97 Å². The fourth-order valence-electron chi connectivity index (χ4n) is 3.91. The minimum absolute atomic E-state index is 0.315. The summed E-state index contributed by atoms with van der Waals surface area (Å²) in [4.78, 5) is 13.8. The molecular weight excluding hydrogens is 262 g/mol. The number of carboxylic acids is 1. The highest BCUT2D eigenvalue weighted by Crippen LogP contribution is 2.37. The number of hydrogen-bond donors (Lipinski definition) is 1. The van der Waals surface area contributed by atoms with Crippen molar-refractivity contribution in [1.82, 2.24) is 0 Å². The van der Waals surface area contributed by atoms with Gasteiger partial charge in [0.05, 0.1) is 5.92 Å². The topological polar surface area (TPSA) is 40.5 Å². The van der Waals surface area contributed by atoms with Crippen molar-refractivity contribution in [3.8, 4) is 0 Å². The Bertz CT molecular complexity index is 520. The van der Waals surface area contributed by atoms with E-state index in [0.29, 0.717) is 12.5 Å². The number of nitrogens with zero attached hydrogens (tertiary/aromatic N) is 1. The fourth-order valence-corrected chi connectivity index (χ4v) is 3.91. The fraction of sp³-hybridized carbons (Fsp3) is 0.611. The third-order valence-corrected chi connectivity index (χ3v) is 5.08. The number of benzene rings is 1. The maximum Gasteiger partial charge on any atom is 0.306 e. The number of para-hydroxylation sites is 1. The first-order valence-corrected chi connectivity index (χ1v) is 8.27. The lowest BCUT2D eigenvalue weighted by Crippen LogP contribution is -2.36. The molecule has 3 nitrogen and oxygen atoms in total. The van der Waals surface area contributed by atoms with Crippen molar-refractivity contribution in [1.29, 1.82) is 0 Å². The molecule has 2 aliphatic rings. The Morgan fingerprint density at radius 1 is 1.33 bits per heavy atom. The van der Waals surface area contributed by atoms with E-state index in [0.717, 1.165) is 13.0 Å². The van der Waals surface area contributed by atoms with Crippen molar-refractivity contribution in [2.75, 3.05) is 11.4 Å². The molecule has 21 heavy (non-hydrogen) atoms. The minimum atomic E-state index is -0.699. The molecule has 0 spiro atoms. The van der Waals surface area contributed by atoms with E-state index in [1.54, 1.807) is 0 Å². The Morgan fingerprint density at radius 3 is 2.81 bits per heavy atom. The molecule has 0 bridgehead atoms. The van der Waals surface area contributed by atoms with Crippen LogP contribution in [0.2, 0.25) is 0 Å². The molecule has 1 aliphatic heterocycles. The number of carboxylic acid groups (broad SMARTS) is 1. The summed E-state index contributed by atoms with van der Waals surface area (Å²) < 4.78 is 0. The molecular formula is C18H25NO2. The Labute approximate surface area is 127 Å². The highest BCUT2D eigenvalue weighted by atomic mass is 16.4. The lowest BCUT2D eigenvalue weighted by atomic mass is 9.92. The van der Waals surface area contributed by atoms with Crippen LogP contribution in [-0.4, -0.2) is 23.7 Å². The largest absolute Gasteiger partial charge is 0.481 e. The van der Waals surface area contributed by atoms with E-state index in [-0.39, 0.29) is 5.92 Å². The number of carbonyl (C=O) groups is 1. The van der Waals surface area contributed by atoms with Crippen LogP contribution in [0, 0.1) is 5.92 Å². The molecule has 1 fully saturated rings. The molecule has 3 heteroatoms. The van der Waals surface area contributed by atoms with Gasteiger partial charge in [0.1, 0.15) is 0 Å². The standard InChI is InChI=1S/C18H25NO2/c1-13(18(20)21)12-15-7-5-6-14-10-11-19(17(14)15)16-8-3-2-4-9-16/h5-7,13,16H,2-4,8-12H2,1H3,(H,20,21). The Morgan fingerprint density at radius 2 is 2.10 bits per heavy atom. The van der Waals surface area contributed by atoms with Crippen molar-refractivity contribution in [3.05, 3.63) is 29.3 Å². The van der Waals surface area contributed by atoms with E-state index in [9.17, 15) is 9.90 Å².